The maximum absolute atomic E-state index is 5.84. The predicted molar refractivity (Wildman–Crippen MR) is 119 cm³/mol. The molecular weight excluding hydrogens is 382 g/mol. The highest BCUT2D eigenvalue weighted by molar-refractivity contribution is 5.82. The molecule has 0 aliphatic carbocycles. The SMILES string of the molecule is C/C=C/COc1cc(C)c(OCOCc2ccc(OCC(C)=NOC)cc2)c(C)c1. The molecule has 0 aromatic heterocycles. The first kappa shape index (κ1) is 23.3. The minimum absolute atomic E-state index is 0.172. The van der Waals surface area contributed by atoms with Crippen molar-refractivity contribution in [2.45, 2.75) is 34.3 Å². The van der Waals surface area contributed by atoms with Crippen molar-refractivity contribution in [1.82, 2.24) is 0 Å². The Labute approximate surface area is 179 Å². The molecule has 2 aromatic rings. The lowest BCUT2D eigenvalue weighted by Gasteiger charge is -2.14. The number of hydrogen-bond donors (Lipinski definition) is 0. The highest BCUT2D eigenvalue weighted by atomic mass is 16.7. The average Bonchev–Trinajstić information content (AvgIpc) is 2.72. The van der Waals surface area contributed by atoms with Gasteiger partial charge in [-0.25, -0.2) is 0 Å². The van der Waals surface area contributed by atoms with Crippen molar-refractivity contribution in [3.63, 3.8) is 0 Å². The van der Waals surface area contributed by atoms with Gasteiger partial charge < -0.3 is 23.8 Å². The van der Waals surface area contributed by atoms with Gasteiger partial charge in [-0.15, -0.1) is 0 Å². The summed E-state index contributed by atoms with van der Waals surface area (Å²) in [6, 6.07) is 11.7. The summed E-state index contributed by atoms with van der Waals surface area (Å²) in [4.78, 5) is 4.71. The Balaban J connectivity index is 1.78. The fraction of sp³-hybridized carbons (Fsp3) is 0.375. The summed E-state index contributed by atoms with van der Waals surface area (Å²) in [5.74, 6) is 2.43. The molecule has 0 fully saturated rings. The molecule has 6 heteroatoms. The minimum Gasteiger partial charge on any atom is -0.490 e. The molecule has 0 unspecified atom stereocenters. The summed E-state index contributed by atoms with van der Waals surface area (Å²) in [7, 11) is 1.51. The first-order valence-corrected chi connectivity index (χ1v) is 9.87. The Morgan fingerprint density at radius 1 is 0.967 bits per heavy atom. The molecule has 0 atom stereocenters. The predicted octanol–water partition coefficient (Wildman–Crippen LogP) is 5.21. The molecule has 2 aromatic carbocycles. The van der Waals surface area contributed by atoms with Gasteiger partial charge >= 0.3 is 0 Å². The molecule has 0 bridgehead atoms. The number of benzene rings is 2. The van der Waals surface area contributed by atoms with Gasteiger partial charge in [0.25, 0.3) is 0 Å². The third-order valence-corrected chi connectivity index (χ3v) is 4.19. The highest BCUT2D eigenvalue weighted by Crippen LogP contribution is 2.28. The van der Waals surface area contributed by atoms with Crippen molar-refractivity contribution < 1.29 is 23.8 Å². The second-order valence-corrected chi connectivity index (χ2v) is 6.82. The average molecular weight is 414 g/mol. The number of hydrogen-bond acceptors (Lipinski definition) is 6. The van der Waals surface area contributed by atoms with Crippen LogP contribution in [0.4, 0.5) is 0 Å². The lowest BCUT2D eigenvalue weighted by Crippen LogP contribution is -2.08. The van der Waals surface area contributed by atoms with Gasteiger partial charge in [-0.2, -0.15) is 0 Å². The number of oxime groups is 1. The van der Waals surface area contributed by atoms with E-state index in [1.165, 1.54) is 7.11 Å². The van der Waals surface area contributed by atoms with Crippen LogP contribution >= 0.6 is 0 Å². The van der Waals surface area contributed by atoms with Gasteiger partial charge in [0.2, 0.25) is 0 Å². The first-order valence-electron chi connectivity index (χ1n) is 9.87. The molecule has 0 saturated heterocycles. The summed E-state index contributed by atoms with van der Waals surface area (Å²) in [6.07, 6.45) is 3.94. The van der Waals surface area contributed by atoms with E-state index in [4.69, 9.17) is 23.8 Å². The van der Waals surface area contributed by atoms with Crippen molar-refractivity contribution in [2.75, 3.05) is 27.1 Å². The zero-order valence-electron chi connectivity index (χ0n) is 18.4. The monoisotopic (exact) mass is 413 g/mol. The van der Waals surface area contributed by atoms with E-state index >= 15 is 0 Å². The highest BCUT2D eigenvalue weighted by Gasteiger charge is 2.07. The van der Waals surface area contributed by atoms with E-state index in [0.717, 1.165) is 39.7 Å². The normalized spacial score (nSPS) is 11.6. The Kier molecular flexibility index (Phi) is 9.74. The standard InChI is InChI=1S/C24H31NO5/c1-6-7-12-28-23-13-18(2)24(19(3)14-23)30-17-27-16-21-8-10-22(11-9-21)29-15-20(4)25-26-5/h6-11,13-14H,12,15-17H2,1-5H3/b7-6+,25-20?. The van der Waals surface area contributed by atoms with Crippen LogP contribution in [0, 0.1) is 13.8 Å². The Bertz CT molecular complexity index is 820. The maximum atomic E-state index is 5.84. The minimum atomic E-state index is 0.172. The lowest BCUT2D eigenvalue weighted by atomic mass is 10.1. The summed E-state index contributed by atoms with van der Waals surface area (Å²) in [5.41, 5.74) is 3.84. The van der Waals surface area contributed by atoms with Crippen molar-refractivity contribution in [3.05, 3.63) is 65.2 Å². The fourth-order valence-corrected chi connectivity index (χ4v) is 2.77. The molecule has 0 aliphatic heterocycles. The number of aryl methyl sites for hydroxylation is 2. The van der Waals surface area contributed by atoms with Crippen molar-refractivity contribution in [1.29, 1.82) is 0 Å². The zero-order chi connectivity index (χ0) is 21.8. The molecule has 0 spiro atoms. The van der Waals surface area contributed by atoms with Gasteiger partial charge in [-0.1, -0.05) is 29.4 Å². The molecule has 2 rings (SSSR count). The van der Waals surface area contributed by atoms with Gasteiger partial charge in [0, 0.05) is 0 Å². The summed E-state index contributed by atoms with van der Waals surface area (Å²) >= 11 is 0. The smallest absolute Gasteiger partial charge is 0.189 e. The topological polar surface area (TPSA) is 58.5 Å². The van der Waals surface area contributed by atoms with Crippen LogP contribution in [0.1, 0.15) is 30.5 Å². The number of allylic oxidation sites excluding steroid dienone is 1. The molecule has 30 heavy (non-hydrogen) atoms. The van der Waals surface area contributed by atoms with Crippen LogP contribution < -0.4 is 14.2 Å². The summed E-state index contributed by atoms with van der Waals surface area (Å²) < 4.78 is 22.9. The van der Waals surface area contributed by atoms with Crippen molar-refractivity contribution >= 4 is 5.71 Å². The number of nitrogens with zero attached hydrogens (tertiary/aromatic N) is 1. The van der Waals surface area contributed by atoms with E-state index in [0.29, 0.717) is 19.8 Å². The van der Waals surface area contributed by atoms with E-state index in [9.17, 15) is 0 Å². The largest absolute Gasteiger partial charge is 0.490 e. The van der Waals surface area contributed by atoms with Gasteiger partial charge in [0.15, 0.2) is 6.79 Å². The molecular formula is C24H31NO5. The van der Waals surface area contributed by atoms with Crippen molar-refractivity contribution in [2.24, 2.45) is 5.16 Å². The molecule has 6 nitrogen and oxygen atoms in total. The van der Waals surface area contributed by atoms with Crippen LogP contribution in [0.25, 0.3) is 0 Å². The van der Waals surface area contributed by atoms with E-state index in [2.05, 4.69) is 5.16 Å². The van der Waals surface area contributed by atoms with Crippen LogP contribution in [-0.4, -0.2) is 32.8 Å². The van der Waals surface area contributed by atoms with Gasteiger partial charge in [0.05, 0.1) is 12.3 Å². The molecule has 162 valence electrons. The fourth-order valence-electron chi connectivity index (χ4n) is 2.77. The number of rotatable bonds is 12. The lowest BCUT2D eigenvalue weighted by molar-refractivity contribution is 0.00426. The Morgan fingerprint density at radius 3 is 2.30 bits per heavy atom. The van der Waals surface area contributed by atoms with E-state index in [1.807, 2.05) is 76.2 Å². The van der Waals surface area contributed by atoms with E-state index in [-0.39, 0.29) is 6.79 Å². The van der Waals surface area contributed by atoms with Crippen LogP contribution in [0.3, 0.4) is 0 Å². The van der Waals surface area contributed by atoms with Gasteiger partial charge in [-0.05, 0) is 68.7 Å². The van der Waals surface area contributed by atoms with E-state index < -0.39 is 0 Å². The molecule has 0 radical (unpaired) electrons. The summed E-state index contributed by atoms with van der Waals surface area (Å²) in [5, 5.41) is 3.81. The van der Waals surface area contributed by atoms with Gasteiger partial charge in [0.1, 0.15) is 37.6 Å². The van der Waals surface area contributed by atoms with E-state index in [1.54, 1.807) is 0 Å². The van der Waals surface area contributed by atoms with Crippen LogP contribution in [0.2, 0.25) is 0 Å². The van der Waals surface area contributed by atoms with Crippen LogP contribution in [0.5, 0.6) is 17.2 Å². The molecule has 0 amide bonds. The third-order valence-electron chi connectivity index (χ3n) is 4.19. The van der Waals surface area contributed by atoms with Crippen LogP contribution in [0.15, 0.2) is 53.7 Å². The third kappa shape index (κ3) is 7.79. The second-order valence-electron chi connectivity index (χ2n) is 6.82. The van der Waals surface area contributed by atoms with Crippen LogP contribution in [-0.2, 0) is 16.2 Å². The van der Waals surface area contributed by atoms with Crippen molar-refractivity contribution in [3.8, 4) is 17.2 Å². The molecule has 0 N–H and O–H groups in total. The quantitative estimate of drug-likeness (QED) is 0.157. The first-order chi connectivity index (χ1) is 14.5. The summed E-state index contributed by atoms with van der Waals surface area (Å²) in [6.45, 7) is 9.39. The molecule has 0 aliphatic rings. The Hall–Kier alpha value is -2.99. The molecule has 0 heterocycles. The number of ether oxygens (including phenoxy) is 4. The zero-order valence-corrected chi connectivity index (χ0v) is 18.4. The Morgan fingerprint density at radius 2 is 1.67 bits per heavy atom. The second kappa shape index (κ2) is 12.5. The van der Waals surface area contributed by atoms with Gasteiger partial charge in [-0.3, -0.25) is 0 Å². The molecule has 0 saturated carbocycles. The maximum Gasteiger partial charge on any atom is 0.189 e.